The molecule has 2 aromatic heterocycles. The minimum absolute atomic E-state index is 0.438. The average Bonchev–Trinajstić information content (AvgIpc) is 3.08. The van der Waals surface area contributed by atoms with Crippen LogP contribution in [0.5, 0.6) is 0 Å². The minimum atomic E-state index is -0.687. The summed E-state index contributed by atoms with van der Waals surface area (Å²) in [4.78, 5) is 4.57. The molecule has 0 radical (unpaired) electrons. The van der Waals surface area contributed by atoms with Gasteiger partial charge in [-0.25, -0.2) is 4.98 Å². The van der Waals surface area contributed by atoms with Crippen LogP contribution in [-0.4, -0.2) is 19.9 Å². The van der Waals surface area contributed by atoms with Crippen molar-refractivity contribution in [1.82, 2.24) is 14.8 Å². The van der Waals surface area contributed by atoms with Crippen LogP contribution in [0.15, 0.2) is 41.9 Å². The van der Waals surface area contributed by atoms with Crippen molar-refractivity contribution in [2.24, 2.45) is 7.05 Å². The SMILES string of the molecule is Cn1ncc(C(O)Cc2nc(-c3ccccc3)cs2)c1N. The number of hydrogen-bond acceptors (Lipinski definition) is 5. The maximum Gasteiger partial charge on any atom is 0.127 e. The molecule has 3 N–H and O–H groups in total. The zero-order valence-corrected chi connectivity index (χ0v) is 12.4. The maximum atomic E-state index is 10.3. The van der Waals surface area contributed by atoms with E-state index in [1.54, 1.807) is 29.3 Å². The second-order valence-electron chi connectivity index (χ2n) is 4.82. The first-order valence-electron chi connectivity index (χ1n) is 6.60. The number of aliphatic hydroxyl groups excluding tert-OH is 1. The molecule has 6 heteroatoms. The molecule has 0 fully saturated rings. The van der Waals surface area contributed by atoms with Gasteiger partial charge in [0.05, 0.1) is 23.0 Å². The van der Waals surface area contributed by atoms with Crippen molar-refractivity contribution in [2.75, 3.05) is 5.73 Å². The second-order valence-corrected chi connectivity index (χ2v) is 5.76. The lowest BCUT2D eigenvalue weighted by Gasteiger charge is -2.07. The van der Waals surface area contributed by atoms with E-state index in [0.29, 0.717) is 17.8 Å². The third-order valence-electron chi connectivity index (χ3n) is 3.36. The highest BCUT2D eigenvalue weighted by molar-refractivity contribution is 7.09. The van der Waals surface area contributed by atoms with E-state index >= 15 is 0 Å². The van der Waals surface area contributed by atoms with Gasteiger partial charge < -0.3 is 10.8 Å². The molecule has 3 rings (SSSR count). The van der Waals surface area contributed by atoms with Gasteiger partial charge in [0, 0.05) is 30.0 Å². The van der Waals surface area contributed by atoms with Gasteiger partial charge in [0.15, 0.2) is 0 Å². The fourth-order valence-electron chi connectivity index (χ4n) is 2.14. The number of aromatic nitrogens is 3. The number of benzene rings is 1. The molecule has 0 spiro atoms. The fourth-order valence-corrected chi connectivity index (χ4v) is 2.98. The Morgan fingerprint density at radius 1 is 1.33 bits per heavy atom. The molecule has 0 aliphatic heterocycles. The third kappa shape index (κ3) is 2.81. The summed E-state index contributed by atoms with van der Waals surface area (Å²) in [7, 11) is 1.75. The Hall–Kier alpha value is -2.18. The van der Waals surface area contributed by atoms with E-state index in [2.05, 4.69) is 10.1 Å². The number of rotatable bonds is 4. The Bertz CT molecular complexity index is 735. The van der Waals surface area contributed by atoms with Crippen molar-refractivity contribution in [3.8, 4) is 11.3 Å². The van der Waals surface area contributed by atoms with E-state index < -0.39 is 6.10 Å². The molecule has 0 bridgehead atoms. The Morgan fingerprint density at radius 2 is 2.10 bits per heavy atom. The molecule has 3 aromatic rings. The van der Waals surface area contributed by atoms with Crippen LogP contribution in [0.3, 0.4) is 0 Å². The Kier molecular flexibility index (Phi) is 3.72. The first-order valence-corrected chi connectivity index (χ1v) is 7.48. The summed E-state index contributed by atoms with van der Waals surface area (Å²) in [5.74, 6) is 0.488. The largest absolute Gasteiger partial charge is 0.388 e. The number of aliphatic hydroxyl groups is 1. The molecule has 1 aromatic carbocycles. The Morgan fingerprint density at radius 3 is 2.76 bits per heavy atom. The standard InChI is InChI=1S/C15H16N4OS/c1-19-15(16)11(8-17-19)13(20)7-14-18-12(9-21-14)10-5-3-2-4-6-10/h2-6,8-9,13,20H,7,16H2,1H3. The number of hydrogen-bond donors (Lipinski definition) is 2. The van der Waals surface area contributed by atoms with Crippen molar-refractivity contribution >= 4 is 17.2 Å². The zero-order chi connectivity index (χ0) is 14.8. The first kappa shape index (κ1) is 13.8. The van der Waals surface area contributed by atoms with Gasteiger partial charge in [-0.3, -0.25) is 4.68 Å². The minimum Gasteiger partial charge on any atom is -0.388 e. The van der Waals surface area contributed by atoms with Crippen molar-refractivity contribution in [3.63, 3.8) is 0 Å². The summed E-state index contributed by atoms with van der Waals surface area (Å²) in [6.45, 7) is 0. The van der Waals surface area contributed by atoms with Crippen LogP contribution in [0.1, 0.15) is 16.7 Å². The van der Waals surface area contributed by atoms with Crippen LogP contribution in [0, 0.1) is 0 Å². The average molecular weight is 300 g/mol. The van der Waals surface area contributed by atoms with Crippen LogP contribution in [-0.2, 0) is 13.5 Å². The number of nitrogens with zero attached hydrogens (tertiary/aromatic N) is 3. The van der Waals surface area contributed by atoms with Crippen LogP contribution in [0.25, 0.3) is 11.3 Å². The highest BCUT2D eigenvalue weighted by atomic mass is 32.1. The maximum absolute atomic E-state index is 10.3. The lowest BCUT2D eigenvalue weighted by atomic mass is 10.1. The first-order chi connectivity index (χ1) is 10.1. The van der Waals surface area contributed by atoms with E-state index in [4.69, 9.17) is 5.73 Å². The lowest BCUT2D eigenvalue weighted by Crippen LogP contribution is -2.05. The Labute approximate surface area is 126 Å². The summed E-state index contributed by atoms with van der Waals surface area (Å²) < 4.78 is 1.55. The topological polar surface area (TPSA) is 77.0 Å². The van der Waals surface area contributed by atoms with Crippen molar-refractivity contribution < 1.29 is 5.11 Å². The van der Waals surface area contributed by atoms with E-state index in [9.17, 15) is 5.11 Å². The van der Waals surface area contributed by atoms with Crippen molar-refractivity contribution in [3.05, 3.63) is 52.5 Å². The smallest absolute Gasteiger partial charge is 0.127 e. The van der Waals surface area contributed by atoms with Gasteiger partial charge in [-0.2, -0.15) is 5.10 Å². The van der Waals surface area contributed by atoms with Crippen molar-refractivity contribution in [1.29, 1.82) is 0 Å². The van der Waals surface area contributed by atoms with Crippen molar-refractivity contribution in [2.45, 2.75) is 12.5 Å². The van der Waals surface area contributed by atoms with Gasteiger partial charge in [-0.15, -0.1) is 11.3 Å². The monoisotopic (exact) mass is 300 g/mol. The number of nitrogen functional groups attached to an aromatic ring is 1. The molecule has 0 saturated heterocycles. The number of anilines is 1. The number of aryl methyl sites for hydroxylation is 1. The summed E-state index contributed by atoms with van der Waals surface area (Å²) in [5.41, 5.74) is 8.54. The predicted octanol–water partition coefficient (Wildman–Crippen LogP) is 2.40. The quantitative estimate of drug-likeness (QED) is 0.775. The van der Waals surface area contributed by atoms with E-state index in [1.807, 2.05) is 35.7 Å². The van der Waals surface area contributed by atoms with Gasteiger partial charge in [-0.1, -0.05) is 30.3 Å². The zero-order valence-electron chi connectivity index (χ0n) is 11.6. The molecule has 5 nitrogen and oxygen atoms in total. The summed E-state index contributed by atoms with van der Waals surface area (Å²) in [5, 5.41) is 17.2. The molecular weight excluding hydrogens is 284 g/mol. The lowest BCUT2D eigenvalue weighted by molar-refractivity contribution is 0.179. The molecule has 108 valence electrons. The van der Waals surface area contributed by atoms with Gasteiger partial charge in [0.1, 0.15) is 5.82 Å². The molecule has 2 heterocycles. The van der Waals surface area contributed by atoms with Crippen LogP contribution in [0.2, 0.25) is 0 Å². The fraction of sp³-hybridized carbons (Fsp3) is 0.200. The molecule has 21 heavy (non-hydrogen) atoms. The van der Waals surface area contributed by atoms with Gasteiger partial charge >= 0.3 is 0 Å². The van der Waals surface area contributed by atoms with Gasteiger partial charge in [0.2, 0.25) is 0 Å². The van der Waals surface area contributed by atoms with E-state index in [1.165, 1.54) is 0 Å². The van der Waals surface area contributed by atoms with Gasteiger partial charge in [0.25, 0.3) is 0 Å². The molecule has 1 atom stereocenters. The van der Waals surface area contributed by atoms with Gasteiger partial charge in [-0.05, 0) is 0 Å². The predicted molar refractivity (Wildman–Crippen MR) is 83.8 cm³/mol. The van der Waals surface area contributed by atoms with Crippen LogP contribution in [0.4, 0.5) is 5.82 Å². The van der Waals surface area contributed by atoms with E-state index in [0.717, 1.165) is 16.3 Å². The van der Waals surface area contributed by atoms with Crippen LogP contribution < -0.4 is 5.73 Å². The van der Waals surface area contributed by atoms with E-state index in [-0.39, 0.29) is 0 Å². The summed E-state index contributed by atoms with van der Waals surface area (Å²) in [6, 6.07) is 9.99. The summed E-state index contributed by atoms with van der Waals surface area (Å²) >= 11 is 1.54. The molecule has 1 unspecified atom stereocenters. The molecule has 0 aliphatic carbocycles. The number of thiazole rings is 1. The normalized spacial score (nSPS) is 12.5. The molecule has 0 saturated carbocycles. The summed E-state index contributed by atoms with van der Waals surface area (Å²) in [6.07, 6.45) is 1.35. The molecule has 0 aliphatic rings. The van der Waals surface area contributed by atoms with Crippen LogP contribution >= 0.6 is 11.3 Å². The third-order valence-corrected chi connectivity index (χ3v) is 4.23. The second kappa shape index (κ2) is 5.67. The highest BCUT2D eigenvalue weighted by Crippen LogP contribution is 2.27. The number of nitrogens with two attached hydrogens (primary N) is 1. The molecule has 0 amide bonds. The Balaban J connectivity index is 1.77. The molecular formula is C15H16N4OS. The highest BCUT2D eigenvalue weighted by Gasteiger charge is 2.17.